The summed E-state index contributed by atoms with van der Waals surface area (Å²) in [6.07, 6.45) is 0. The van der Waals surface area contributed by atoms with Crippen LogP contribution in [0.1, 0.15) is 28.5 Å². The molecule has 0 aliphatic heterocycles. The minimum absolute atomic E-state index is 0.0959. The van der Waals surface area contributed by atoms with Crippen molar-refractivity contribution in [3.63, 3.8) is 0 Å². The summed E-state index contributed by atoms with van der Waals surface area (Å²) in [5.74, 6) is 0.612. The van der Waals surface area contributed by atoms with Crippen LogP contribution in [0.5, 0.6) is 0 Å². The average molecular weight is 268 g/mol. The quantitative estimate of drug-likeness (QED) is 0.837. The number of carbonyl (C=O) groups is 1. The highest BCUT2D eigenvalue weighted by atomic mass is 32.1. The van der Waals surface area contributed by atoms with Crippen molar-refractivity contribution in [1.29, 1.82) is 0 Å². The van der Waals surface area contributed by atoms with E-state index in [0.29, 0.717) is 15.5 Å². The second kappa shape index (κ2) is 4.80. The molecular weight excluding hydrogens is 256 g/mol. The van der Waals surface area contributed by atoms with Crippen molar-refractivity contribution in [2.75, 3.05) is 0 Å². The van der Waals surface area contributed by atoms with Crippen molar-refractivity contribution in [1.82, 2.24) is 20.1 Å². The summed E-state index contributed by atoms with van der Waals surface area (Å²) < 4.78 is 2.28. The number of hydrogen-bond acceptors (Lipinski definition) is 4. The number of hydrogen-bond donors (Lipinski definition) is 2. The van der Waals surface area contributed by atoms with E-state index in [9.17, 15) is 4.79 Å². The van der Waals surface area contributed by atoms with E-state index in [1.165, 1.54) is 11.3 Å². The van der Waals surface area contributed by atoms with Crippen molar-refractivity contribution in [3.05, 3.63) is 33.0 Å². The van der Waals surface area contributed by atoms with Gasteiger partial charge in [-0.15, -0.1) is 11.3 Å². The van der Waals surface area contributed by atoms with Crippen LogP contribution in [0.15, 0.2) is 17.5 Å². The molecule has 0 aliphatic rings. The summed E-state index contributed by atoms with van der Waals surface area (Å²) in [4.78, 5) is 12.5. The first-order valence-electron chi connectivity index (χ1n) is 5.05. The Hall–Kier alpha value is -1.47. The predicted molar refractivity (Wildman–Crippen MR) is 68.6 cm³/mol. The van der Waals surface area contributed by atoms with E-state index >= 15 is 0 Å². The molecule has 2 N–H and O–H groups in total. The third-order valence-corrected chi connectivity index (χ3v) is 3.63. The number of carbonyl (C=O) groups excluding carboxylic acids is 1. The van der Waals surface area contributed by atoms with Gasteiger partial charge in [-0.2, -0.15) is 5.10 Å². The highest BCUT2D eigenvalue weighted by molar-refractivity contribution is 7.71. The van der Waals surface area contributed by atoms with E-state index in [1.54, 1.807) is 10.6 Å². The van der Waals surface area contributed by atoms with E-state index in [0.717, 1.165) is 0 Å². The van der Waals surface area contributed by atoms with Crippen LogP contribution in [-0.2, 0) is 7.05 Å². The van der Waals surface area contributed by atoms with Gasteiger partial charge in [0.15, 0.2) is 10.6 Å². The Kier molecular flexibility index (Phi) is 3.39. The van der Waals surface area contributed by atoms with Crippen LogP contribution in [0, 0.1) is 4.77 Å². The summed E-state index contributed by atoms with van der Waals surface area (Å²) >= 11 is 6.43. The molecule has 0 unspecified atom stereocenters. The first-order chi connectivity index (χ1) is 8.09. The Morgan fingerprint density at radius 3 is 3.00 bits per heavy atom. The molecule has 90 valence electrons. The number of aromatic nitrogens is 3. The molecule has 0 aliphatic carbocycles. The number of thiophene rings is 1. The molecule has 5 nitrogen and oxygen atoms in total. The highest BCUT2D eigenvalue weighted by Gasteiger charge is 2.16. The van der Waals surface area contributed by atoms with E-state index < -0.39 is 0 Å². The van der Waals surface area contributed by atoms with Crippen LogP contribution in [-0.4, -0.2) is 20.7 Å². The van der Waals surface area contributed by atoms with Crippen LogP contribution in [0.4, 0.5) is 0 Å². The van der Waals surface area contributed by atoms with Gasteiger partial charge in [0.25, 0.3) is 5.91 Å². The molecule has 1 amide bonds. The Bertz CT molecular complexity index is 569. The highest BCUT2D eigenvalue weighted by Crippen LogP contribution is 2.12. The lowest BCUT2D eigenvalue weighted by Gasteiger charge is -2.11. The maximum atomic E-state index is 11.8. The molecule has 2 rings (SSSR count). The molecule has 17 heavy (non-hydrogen) atoms. The third-order valence-electron chi connectivity index (χ3n) is 2.39. The number of H-pyrrole nitrogens is 1. The standard InChI is InChI=1S/C10H12N4OS2/c1-6(8-12-13-10(16)14(8)2)11-9(15)7-4-3-5-17-7/h3-6H,1-2H3,(H,11,15)(H,13,16)/t6-/m0/s1. The molecule has 0 spiro atoms. The van der Waals surface area contributed by atoms with Crippen LogP contribution in [0.25, 0.3) is 0 Å². The van der Waals surface area contributed by atoms with E-state index in [1.807, 2.05) is 25.4 Å². The number of nitrogens with one attached hydrogen (secondary N) is 2. The molecule has 0 saturated carbocycles. The first-order valence-corrected chi connectivity index (χ1v) is 6.34. The fourth-order valence-electron chi connectivity index (χ4n) is 1.49. The third kappa shape index (κ3) is 2.45. The van der Waals surface area contributed by atoms with Crippen molar-refractivity contribution in [3.8, 4) is 0 Å². The number of nitrogens with zero attached hydrogens (tertiary/aromatic N) is 2. The average Bonchev–Trinajstić information content (AvgIpc) is 2.90. The van der Waals surface area contributed by atoms with Gasteiger partial charge in [-0.3, -0.25) is 9.89 Å². The van der Waals surface area contributed by atoms with Crippen LogP contribution in [0.3, 0.4) is 0 Å². The molecule has 0 fully saturated rings. The fourth-order valence-corrected chi connectivity index (χ4v) is 2.25. The van der Waals surface area contributed by atoms with Crippen molar-refractivity contribution >= 4 is 29.5 Å². The van der Waals surface area contributed by atoms with Crippen LogP contribution >= 0.6 is 23.6 Å². The van der Waals surface area contributed by atoms with Crippen LogP contribution < -0.4 is 5.32 Å². The lowest BCUT2D eigenvalue weighted by atomic mass is 10.3. The SMILES string of the molecule is C[C@H](NC(=O)c1cccs1)c1n[nH]c(=S)n1C. The van der Waals surface area contributed by atoms with Crippen molar-refractivity contribution in [2.24, 2.45) is 7.05 Å². The van der Waals surface area contributed by atoms with E-state index in [2.05, 4.69) is 15.5 Å². The largest absolute Gasteiger partial charge is 0.342 e. The van der Waals surface area contributed by atoms with Gasteiger partial charge < -0.3 is 9.88 Å². The zero-order chi connectivity index (χ0) is 12.4. The van der Waals surface area contributed by atoms with Crippen LogP contribution in [0.2, 0.25) is 0 Å². The van der Waals surface area contributed by atoms with Crippen molar-refractivity contribution < 1.29 is 4.79 Å². The summed E-state index contributed by atoms with van der Waals surface area (Å²) in [5, 5.41) is 11.5. The molecule has 2 aromatic rings. The van der Waals surface area contributed by atoms with Gasteiger partial charge in [0.05, 0.1) is 10.9 Å². The van der Waals surface area contributed by atoms with Gasteiger partial charge in [0, 0.05) is 7.05 Å². The summed E-state index contributed by atoms with van der Waals surface area (Å²) in [6, 6.07) is 3.44. The molecule has 0 saturated heterocycles. The van der Waals surface area contributed by atoms with E-state index in [-0.39, 0.29) is 11.9 Å². The second-order valence-corrected chi connectivity index (χ2v) is 4.95. The topological polar surface area (TPSA) is 62.7 Å². The summed E-state index contributed by atoms with van der Waals surface area (Å²) in [5.41, 5.74) is 0. The second-order valence-electron chi connectivity index (χ2n) is 3.62. The molecule has 0 radical (unpaired) electrons. The number of amides is 1. The zero-order valence-electron chi connectivity index (χ0n) is 9.43. The Labute approximate surface area is 107 Å². The minimum Gasteiger partial charge on any atom is -0.342 e. The molecule has 2 heterocycles. The number of aromatic amines is 1. The first kappa shape index (κ1) is 12.0. The predicted octanol–water partition coefficient (Wildman–Crippen LogP) is 2.03. The molecule has 2 aromatic heterocycles. The Morgan fingerprint density at radius 1 is 1.71 bits per heavy atom. The van der Waals surface area contributed by atoms with E-state index in [4.69, 9.17) is 12.2 Å². The zero-order valence-corrected chi connectivity index (χ0v) is 11.1. The normalized spacial score (nSPS) is 12.4. The summed E-state index contributed by atoms with van der Waals surface area (Å²) in [6.45, 7) is 1.87. The smallest absolute Gasteiger partial charge is 0.261 e. The lowest BCUT2D eigenvalue weighted by Crippen LogP contribution is -2.27. The Morgan fingerprint density at radius 2 is 2.47 bits per heavy atom. The Balaban J connectivity index is 2.12. The monoisotopic (exact) mass is 268 g/mol. The van der Waals surface area contributed by atoms with Gasteiger partial charge in [-0.1, -0.05) is 6.07 Å². The van der Waals surface area contributed by atoms with Crippen molar-refractivity contribution in [2.45, 2.75) is 13.0 Å². The lowest BCUT2D eigenvalue weighted by molar-refractivity contribution is 0.0942. The molecule has 0 aromatic carbocycles. The molecule has 7 heteroatoms. The fraction of sp³-hybridized carbons (Fsp3) is 0.300. The van der Waals surface area contributed by atoms with Gasteiger partial charge >= 0.3 is 0 Å². The summed E-state index contributed by atoms with van der Waals surface area (Å²) in [7, 11) is 1.81. The van der Waals surface area contributed by atoms with Gasteiger partial charge in [-0.25, -0.2) is 0 Å². The van der Waals surface area contributed by atoms with Gasteiger partial charge in [0.1, 0.15) is 0 Å². The van der Waals surface area contributed by atoms with Gasteiger partial charge in [-0.05, 0) is 30.6 Å². The maximum absolute atomic E-state index is 11.8. The number of rotatable bonds is 3. The van der Waals surface area contributed by atoms with Gasteiger partial charge in [0.2, 0.25) is 0 Å². The molecule has 0 bridgehead atoms. The molecule has 1 atom stereocenters. The maximum Gasteiger partial charge on any atom is 0.261 e. The minimum atomic E-state index is -0.192. The molecular formula is C10H12N4OS2.